The summed E-state index contributed by atoms with van der Waals surface area (Å²) in [4.78, 5) is 20.0. The van der Waals surface area contributed by atoms with Crippen LogP contribution < -0.4 is 5.56 Å². The summed E-state index contributed by atoms with van der Waals surface area (Å²) in [6, 6.07) is 3.39. The molecule has 0 radical (unpaired) electrons. The summed E-state index contributed by atoms with van der Waals surface area (Å²) in [5, 5.41) is 5.47. The van der Waals surface area contributed by atoms with Gasteiger partial charge in [0.15, 0.2) is 0 Å². The summed E-state index contributed by atoms with van der Waals surface area (Å²) in [5.41, 5.74) is 0.908. The Morgan fingerprint density at radius 1 is 1.27 bits per heavy atom. The minimum Gasteiger partial charge on any atom is -0.298 e. The Balaban J connectivity index is 1.53. The smallest absolute Gasteiger partial charge is 0.266 e. The van der Waals surface area contributed by atoms with Gasteiger partial charge in [0.2, 0.25) is 0 Å². The maximum atomic E-state index is 11.8. The number of hydrogen-bond donors (Lipinski definition) is 0. The van der Waals surface area contributed by atoms with Crippen LogP contribution in [-0.4, -0.2) is 32.8 Å². The van der Waals surface area contributed by atoms with Gasteiger partial charge in [-0.15, -0.1) is 11.3 Å². The first-order chi connectivity index (χ1) is 10.6. The van der Waals surface area contributed by atoms with Crippen LogP contribution in [0.5, 0.6) is 0 Å². The molecule has 0 aromatic carbocycles. The lowest BCUT2D eigenvalue weighted by atomic mass is 9.97. The molecule has 2 aromatic rings. The molecule has 1 saturated heterocycles. The Hall–Kier alpha value is -1.53. The van der Waals surface area contributed by atoms with Crippen molar-refractivity contribution < 1.29 is 0 Å². The van der Waals surface area contributed by atoms with Gasteiger partial charge in [0, 0.05) is 30.2 Å². The highest BCUT2D eigenvalue weighted by Gasteiger charge is 2.20. The van der Waals surface area contributed by atoms with E-state index in [0.29, 0.717) is 5.92 Å². The van der Waals surface area contributed by atoms with Gasteiger partial charge < -0.3 is 0 Å². The van der Waals surface area contributed by atoms with Crippen molar-refractivity contribution in [2.24, 2.45) is 5.92 Å². The van der Waals surface area contributed by atoms with E-state index in [2.05, 4.69) is 15.0 Å². The van der Waals surface area contributed by atoms with Gasteiger partial charge in [0.1, 0.15) is 0 Å². The van der Waals surface area contributed by atoms with E-state index < -0.39 is 0 Å². The van der Waals surface area contributed by atoms with E-state index >= 15 is 0 Å². The second-order valence-electron chi connectivity index (χ2n) is 6.06. The number of aromatic nitrogens is 3. The SMILES string of the molecule is Cc1ccc(=O)n(CC2CCN(Cc3cnc(C)s3)CC2)n1. The van der Waals surface area contributed by atoms with E-state index in [-0.39, 0.29) is 5.56 Å². The molecule has 118 valence electrons. The van der Waals surface area contributed by atoms with Crippen molar-refractivity contribution in [1.82, 2.24) is 19.7 Å². The molecule has 2 aromatic heterocycles. The van der Waals surface area contributed by atoms with Crippen LogP contribution in [0.4, 0.5) is 0 Å². The van der Waals surface area contributed by atoms with Crippen LogP contribution in [-0.2, 0) is 13.1 Å². The lowest BCUT2D eigenvalue weighted by molar-refractivity contribution is 0.164. The lowest BCUT2D eigenvalue weighted by Gasteiger charge is -2.31. The number of piperidine rings is 1. The lowest BCUT2D eigenvalue weighted by Crippen LogP contribution is -2.36. The average molecular weight is 318 g/mol. The van der Waals surface area contributed by atoms with Gasteiger partial charge >= 0.3 is 0 Å². The van der Waals surface area contributed by atoms with E-state index in [1.54, 1.807) is 28.2 Å². The third-order valence-corrected chi connectivity index (χ3v) is 5.08. The summed E-state index contributed by atoms with van der Waals surface area (Å²) in [5.74, 6) is 0.548. The zero-order valence-electron chi connectivity index (χ0n) is 13.2. The van der Waals surface area contributed by atoms with Crippen molar-refractivity contribution >= 4 is 11.3 Å². The Kier molecular flexibility index (Phi) is 4.69. The molecule has 0 bridgehead atoms. The first kappa shape index (κ1) is 15.4. The predicted octanol–water partition coefficient (Wildman–Crippen LogP) is 2.23. The molecule has 22 heavy (non-hydrogen) atoms. The largest absolute Gasteiger partial charge is 0.298 e. The average Bonchev–Trinajstić information content (AvgIpc) is 2.90. The van der Waals surface area contributed by atoms with Gasteiger partial charge in [-0.25, -0.2) is 9.67 Å². The van der Waals surface area contributed by atoms with Crippen LogP contribution in [0.15, 0.2) is 23.1 Å². The molecular formula is C16H22N4OS. The molecule has 0 N–H and O–H groups in total. The molecule has 0 unspecified atom stereocenters. The van der Waals surface area contributed by atoms with E-state index in [1.807, 2.05) is 20.0 Å². The van der Waals surface area contributed by atoms with Gasteiger partial charge in [0.25, 0.3) is 5.56 Å². The topological polar surface area (TPSA) is 51.0 Å². The molecule has 3 rings (SSSR count). The first-order valence-electron chi connectivity index (χ1n) is 7.78. The van der Waals surface area contributed by atoms with Gasteiger partial charge in [-0.2, -0.15) is 5.10 Å². The zero-order chi connectivity index (χ0) is 15.5. The second-order valence-corrected chi connectivity index (χ2v) is 7.38. The highest BCUT2D eigenvalue weighted by atomic mass is 32.1. The molecule has 0 atom stereocenters. The molecule has 0 amide bonds. The highest BCUT2D eigenvalue weighted by Crippen LogP contribution is 2.21. The van der Waals surface area contributed by atoms with Gasteiger partial charge in [-0.1, -0.05) is 0 Å². The summed E-state index contributed by atoms with van der Waals surface area (Å²) in [6.07, 6.45) is 4.24. The van der Waals surface area contributed by atoms with Crippen LogP contribution in [0, 0.1) is 19.8 Å². The van der Waals surface area contributed by atoms with Crippen molar-refractivity contribution in [3.8, 4) is 0 Å². The van der Waals surface area contributed by atoms with Crippen molar-refractivity contribution in [3.05, 3.63) is 44.3 Å². The minimum atomic E-state index is 0.00756. The summed E-state index contributed by atoms with van der Waals surface area (Å²) in [7, 11) is 0. The van der Waals surface area contributed by atoms with Gasteiger partial charge in [-0.3, -0.25) is 9.69 Å². The molecule has 1 fully saturated rings. The summed E-state index contributed by atoms with van der Waals surface area (Å²) < 4.78 is 1.63. The number of nitrogens with zero attached hydrogens (tertiary/aromatic N) is 4. The molecule has 0 spiro atoms. The van der Waals surface area contributed by atoms with Crippen LogP contribution in [0.1, 0.15) is 28.4 Å². The van der Waals surface area contributed by atoms with Crippen molar-refractivity contribution in [2.45, 2.75) is 39.8 Å². The molecule has 3 heterocycles. The Labute approximate surface area is 134 Å². The Morgan fingerprint density at radius 3 is 2.73 bits per heavy atom. The molecular weight excluding hydrogens is 296 g/mol. The first-order valence-corrected chi connectivity index (χ1v) is 8.60. The molecule has 1 aliphatic heterocycles. The Morgan fingerprint density at radius 2 is 2.05 bits per heavy atom. The third-order valence-electron chi connectivity index (χ3n) is 4.19. The predicted molar refractivity (Wildman–Crippen MR) is 88.1 cm³/mol. The maximum Gasteiger partial charge on any atom is 0.266 e. The highest BCUT2D eigenvalue weighted by molar-refractivity contribution is 7.11. The monoisotopic (exact) mass is 318 g/mol. The zero-order valence-corrected chi connectivity index (χ0v) is 14.0. The fourth-order valence-corrected chi connectivity index (χ4v) is 3.79. The number of rotatable bonds is 4. The van der Waals surface area contributed by atoms with Crippen molar-refractivity contribution in [3.63, 3.8) is 0 Å². The molecule has 6 heteroatoms. The minimum absolute atomic E-state index is 0.00756. The van der Waals surface area contributed by atoms with Crippen molar-refractivity contribution in [1.29, 1.82) is 0 Å². The van der Waals surface area contributed by atoms with Crippen molar-refractivity contribution in [2.75, 3.05) is 13.1 Å². The fraction of sp³-hybridized carbons (Fsp3) is 0.562. The maximum absolute atomic E-state index is 11.8. The van der Waals surface area contributed by atoms with Crippen LogP contribution in [0.2, 0.25) is 0 Å². The van der Waals surface area contributed by atoms with Crippen LogP contribution in [0.25, 0.3) is 0 Å². The second kappa shape index (κ2) is 6.71. The quantitative estimate of drug-likeness (QED) is 0.867. The number of hydrogen-bond acceptors (Lipinski definition) is 5. The number of aryl methyl sites for hydroxylation is 2. The van der Waals surface area contributed by atoms with Crippen LogP contribution in [0.3, 0.4) is 0 Å². The third kappa shape index (κ3) is 3.81. The normalized spacial score (nSPS) is 17.0. The number of likely N-dealkylation sites (tertiary alicyclic amines) is 1. The van der Waals surface area contributed by atoms with Gasteiger partial charge in [0.05, 0.1) is 10.7 Å². The molecule has 1 aliphatic rings. The van der Waals surface area contributed by atoms with E-state index in [1.165, 1.54) is 4.88 Å². The molecule has 5 nitrogen and oxygen atoms in total. The molecule has 0 saturated carbocycles. The number of thiazole rings is 1. The molecule has 0 aliphatic carbocycles. The summed E-state index contributed by atoms with van der Waals surface area (Å²) >= 11 is 1.78. The van der Waals surface area contributed by atoms with E-state index in [4.69, 9.17) is 0 Å². The fourth-order valence-electron chi connectivity index (χ4n) is 2.95. The van der Waals surface area contributed by atoms with E-state index in [0.717, 1.165) is 49.7 Å². The van der Waals surface area contributed by atoms with Gasteiger partial charge in [-0.05, 0) is 51.8 Å². The Bertz CT molecular complexity index is 685. The van der Waals surface area contributed by atoms with E-state index in [9.17, 15) is 4.79 Å². The summed E-state index contributed by atoms with van der Waals surface area (Å²) in [6.45, 7) is 7.89. The van der Waals surface area contributed by atoms with Crippen LogP contribution >= 0.6 is 11.3 Å². The standard InChI is InChI=1S/C16H22N4OS/c1-12-3-4-16(21)20(18-12)10-14-5-7-19(8-6-14)11-15-9-17-13(2)22-15/h3-4,9,14H,5-8,10-11H2,1-2H3.